The molecule has 0 aliphatic carbocycles. The van der Waals surface area contributed by atoms with Crippen molar-refractivity contribution in [2.24, 2.45) is 5.41 Å². The first-order chi connectivity index (χ1) is 5.37. The minimum Gasteiger partial charge on any atom is -0.302 e. The first-order valence-electron chi connectivity index (χ1n) is 4.47. The highest BCUT2D eigenvalue weighted by Gasteiger charge is 2.35. The van der Waals surface area contributed by atoms with Gasteiger partial charge in [-0.3, -0.25) is 0 Å². The molecule has 0 saturated carbocycles. The zero-order valence-corrected chi connectivity index (χ0v) is 9.45. The van der Waals surface area contributed by atoms with E-state index in [1.54, 1.807) is 0 Å². The molecule has 2 heteroatoms. The molecule has 1 N–H and O–H groups in total. The van der Waals surface area contributed by atoms with Gasteiger partial charge in [0.25, 0.3) is 0 Å². The molecule has 1 atom stereocenters. The lowest BCUT2D eigenvalue weighted by atomic mass is 9.76. The predicted octanol–water partition coefficient (Wildman–Crippen LogP) is 2.56. The van der Waals surface area contributed by atoms with Crippen LogP contribution in [0, 0.1) is 16.7 Å². The Kier molecular flexibility index (Phi) is 6.02. The maximum absolute atomic E-state index is 8.81. The molecule has 0 bridgehead atoms. The zero-order valence-electron chi connectivity index (χ0n) is 9.45. The lowest BCUT2D eigenvalue weighted by Crippen LogP contribution is -2.49. The number of rotatable bonds is 1. The largest absolute Gasteiger partial charge is 0.302 e. The van der Waals surface area contributed by atoms with E-state index in [9.17, 15) is 0 Å². The first-order valence-corrected chi connectivity index (χ1v) is 4.47. The highest BCUT2D eigenvalue weighted by molar-refractivity contribution is 5.10. The van der Waals surface area contributed by atoms with Crippen molar-refractivity contribution in [1.82, 2.24) is 5.32 Å². The summed E-state index contributed by atoms with van der Waals surface area (Å²) in [6.45, 7) is 12.1. The fraction of sp³-hybridized carbons (Fsp3) is 0.900. The van der Waals surface area contributed by atoms with Crippen LogP contribution in [0.25, 0.3) is 0 Å². The monoisotopic (exact) mass is 170 g/mol. The molecule has 12 heavy (non-hydrogen) atoms. The fourth-order valence-electron chi connectivity index (χ4n) is 0.599. The van der Waals surface area contributed by atoms with Gasteiger partial charge in [-0.1, -0.05) is 34.6 Å². The second kappa shape index (κ2) is 5.16. The van der Waals surface area contributed by atoms with Crippen molar-refractivity contribution in [3.63, 3.8) is 0 Å². The minimum absolute atomic E-state index is 0.0174. The maximum atomic E-state index is 8.81. The van der Waals surface area contributed by atoms with Crippen molar-refractivity contribution >= 4 is 0 Å². The van der Waals surface area contributed by atoms with Crippen LogP contribution in [0.15, 0.2) is 0 Å². The van der Waals surface area contributed by atoms with Crippen molar-refractivity contribution in [2.45, 2.75) is 47.1 Å². The van der Waals surface area contributed by atoms with Crippen molar-refractivity contribution in [2.75, 3.05) is 7.05 Å². The summed E-state index contributed by atoms with van der Waals surface area (Å²) in [6.07, 6.45) is 0. The Bertz CT molecular complexity index is 150. The maximum Gasteiger partial charge on any atom is 0.108 e. The summed E-state index contributed by atoms with van der Waals surface area (Å²) in [5.74, 6) is 0. The summed E-state index contributed by atoms with van der Waals surface area (Å²) in [5.41, 5.74) is -0.441. The highest BCUT2D eigenvalue weighted by atomic mass is 14.9. The van der Waals surface area contributed by atoms with E-state index in [0.717, 1.165) is 0 Å². The van der Waals surface area contributed by atoms with Crippen LogP contribution >= 0.6 is 0 Å². The molecule has 0 heterocycles. The van der Waals surface area contributed by atoms with Gasteiger partial charge in [0.05, 0.1) is 6.07 Å². The predicted molar refractivity (Wildman–Crippen MR) is 53.9 cm³/mol. The van der Waals surface area contributed by atoms with Crippen LogP contribution in [-0.2, 0) is 0 Å². The Labute approximate surface area is 77.0 Å². The summed E-state index contributed by atoms with van der Waals surface area (Å²) in [6, 6.07) is 2.26. The van der Waals surface area contributed by atoms with E-state index in [2.05, 4.69) is 11.4 Å². The van der Waals surface area contributed by atoms with E-state index in [1.807, 2.05) is 48.6 Å². The van der Waals surface area contributed by atoms with E-state index in [-0.39, 0.29) is 5.41 Å². The summed E-state index contributed by atoms with van der Waals surface area (Å²) in [5, 5.41) is 11.8. The van der Waals surface area contributed by atoms with Crippen molar-refractivity contribution in [1.29, 1.82) is 5.26 Å². The molecule has 0 aromatic carbocycles. The standard InChI is InChI=1S/C8H16N2.C2H6/c1-7(2,3)8(4,6-9)10-5;1-2/h10H,1-5H3;1-2H3. The molecule has 0 aromatic heterocycles. The van der Waals surface area contributed by atoms with Gasteiger partial charge in [0.1, 0.15) is 5.54 Å². The highest BCUT2D eigenvalue weighted by Crippen LogP contribution is 2.28. The number of nitrogens with zero attached hydrogens (tertiary/aromatic N) is 1. The normalized spacial score (nSPS) is 15.2. The molecule has 0 radical (unpaired) electrons. The molecule has 1 unspecified atom stereocenters. The van der Waals surface area contributed by atoms with Gasteiger partial charge in [0.15, 0.2) is 0 Å². The molecule has 0 aromatic rings. The second-order valence-corrected chi connectivity index (χ2v) is 3.74. The van der Waals surface area contributed by atoms with E-state index in [4.69, 9.17) is 5.26 Å². The molecule has 0 rings (SSSR count). The molecule has 0 aliphatic heterocycles. The van der Waals surface area contributed by atoms with Crippen LogP contribution in [0.3, 0.4) is 0 Å². The van der Waals surface area contributed by atoms with Gasteiger partial charge in [0.2, 0.25) is 0 Å². The summed E-state index contributed by atoms with van der Waals surface area (Å²) >= 11 is 0. The Hall–Kier alpha value is -0.550. The first kappa shape index (κ1) is 14.0. The third kappa shape index (κ3) is 3.23. The molecule has 72 valence electrons. The van der Waals surface area contributed by atoms with Gasteiger partial charge in [-0.05, 0) is 19.4 Å². The van der Waals surface area contributed by atoms with Crippen LogP contribution in [0.5, 0.6) is 0 Å². The van der Waals surface area contributed by atoms with Gasteiger partial charge in [-0.15, -0.1) is 0 Å². The summed E-state index contributed by atoms with van der Waals surface area (Å²) in [7, 11) is 1.81. The Morgan fingerprint density at radius 3 is 1.42 bits per heavy atom. The van der Waals surface area contributed by atoms with Crippen molar-refractivity contribution < 1.29 is 0 Å². The van der Waals surface area contributed by atoms with E-state index in [1.165, 1.54) is 0 Å². The lowest BCUT2D eigenvalue weighted by Gasteiger charge is -2.35. The third-order valence-corrected chi connectivity index (χ3v) is 2.22. The average Bonchev–Trinajstić information content (AvgIpc) is 2.05. The van der Waals surface area contributed by atoms with E-state index >= 15 is 0 Å². The minimum atomic E-state index is -0.424. The number of hydrogen-bond acceptors (Lipinski definition) is 2. The van der Waals surface area contributed by atoms with Crippen LogP contribution in [0.4, 0.5) is 0 Å². The average molecular weight is 170 g/mol. The number of hydrogen-bond donors (Lipinski definition) is 1. The van der Waals surface area contributed by atoms with Gasteiger partial charge >= 0.3 is 0 Å². The quantitative estimate of drug-likeness (QED) is 0.656. The van der Waals surface area contributed by atoms with Crippen LogP contribution in [0.2, 0.25) is 0 Å². The van der Waals surface area contributed by atoms with E-state index < -0.39 is 5.54 Å². The molecule has 0 spiro atoms. The molecular formula is C10H22N2. The number of nitrogens with one attached hydrogen (secondary N) is 1. The van der Waals surface area contributed by atoms with Gasteiger partial charge in [-0.2, -0.15) is 5.26 Å². The lowest BCUT2D eigenvalue weighted by molar-refractivity contribution is 0.229. The topological polar surface area (TPSA) is 35.8 Å². The smallest absolute Gasteiger partial charge is 0.108 e. The Balaban J connectivity index is 0. The van der Waals surface area contributed by atoms with Gasteiger partial charge < -0.3 is 5.32 Å². The summed E-state index contributed by atoms with van der Waals surface area (Å²) in [4.78, 5) is 0. The van der Waals surface area contributed by atoms with E-state index in [0.29, 0.717) is 0 Å². The molecular weight excluding hydrogens is 148 g/mol. The van der Waals surface area contributed by atoms with Crippen LogP contribution in [-0.4, -0.2) is 12.6 Å². The zero-order chi connectivity index (χ0) is 10.4. The van der Waals surface area contributed by atoms with Crippen molar-refractivity contribution in [3.05, 3.63) is 0 Å². The van der Waals surface area contributed by atoms with Gasteiger partial charge in [-0.25, -0.2) is 0 Å². The fourth-order valence-corrected chi connectivity index (χ4v) is 0.599. The number of nitriles is 1. The van der Waals surface area contributed by atoms with Gasteiger partial charge in [0, 0.05) is 0 Å². The molecule has 2 nitrogen and oxygen atoms in total. The molecule has 0 fully saturated rings. The Morgan fingerprint density at radius 2 is 1.42 bits per heavy atom. The summed E-state index contributed by atoms with van der Waals surface area (Å²) < 4.78 is 0. The van der Waals surface area contributed by atoms with Crippen LogP contribution < -0.4 is 5.32 Å². The molecule has 0 saturated heterocycles. The van der Waals surface area contributed by atoms with Crippen LogP contribution in [0.1, 0.15) is 41.5 Å². The third-order valence-electron chi connectivity index (χ3n) is 2.22. The second-order valence-electron chi connectivity index (χ2n) is 3.74. The molecule has 0 amide bonds. The van der Waals surface area contributed by atoms with Crippen molar-refractivity contribution in [3.8, 4) is 6.07 Å². The molecule has 0 aliphatic rings. The Morgan fingerprint density at radius 1 is 1.08 bits per heavy atom. The SMILES string of the molecule is CC.CNC(C)(C#N)C(C)(C)C.